The fourth-order valence-corrected chi connectivity index (χ4v) is 1.47. The maximum Gasteiger partial charge on any atom is 0.250 e. The van der Waals surface area contributed by atoms with Crippen LogP contribution in [0.5, 0.6) is 11.5 Å². The van der Waals surface area contributed by atoms with E-state index in [1.54, 1.807) is 0 Å². The molecule has 1 aromatic carbocycles. The third kappa shape index (κ3) is 1.47. The zero-order chi connectivity index (χ0) is 9.31. The Morgan fingerprint density at radius 3 is 2.23 bits per heavy atom. The normalized spacial score (nSPS) is 17.4. The van der Waals surface area contributed by atoms with Gasteiger partial charge in [-0.15, -0.1) is 0 Å². The standard InChI is InChI=1S/C10H13NO2/c1-10(6-7-11)12-8-4-2-3-5-9(8)13-10/h2-5H,6-7,11H2,1H3. The van der Waals surface area contributed by atoms with Gasteiger partial charge in [-0.1, -0.05) is 12.1 Å². The highest BCUT2D eigenvalue weighted by Gasteiger charge is 2.35. The van der Waals surface area contributed by atoms with Gasteiger partial charge in [0.2, 0.25) is 5.79 Å². The average Bonchev–Trinajstić information content (AvgIpc) is 2.40. The van der Waals surface area contributed by atoms with Crippen molar-refractivity contribution in [2.75, 3.05) is 6.54 Å². The fraction of sp³-hybridized carbons (Fsp3) is 0.400. The second kappa shape index (κ2) is 2.92. The number of nitrogens with two attached hydrogens (primary N) is 1. The molecule has 0 bridgehead atoms. The van der Waals surface area contributed by atoms with Crippen molar-refractivity contribution in [3.8, 4) is 11.5 Å². The molecule has 70 valence electrons. The molecule has 1 heterocycles. The van der Waals surface area contributed by atoms with Gasteiger partial charge in [0.1, 0.15) is 0 Å². The summed E-state index contributed by atoms with van der Waals surface area (Å²) in [6.45, 7) is 2.46. The van der Waals surface area contributed by atoms with E-state index in [2.05, 4.69) is 0 Å². The first-order chi connectivity index (χ1) is 6.23. The number of rotatable bonds is 2. The first-order valence-electron chi connectivity index (χ1n) is 4.41. The zero-order valence-electron chi connectivity index (χ0n) is 7.62. The predicted molar refractivity (Wildman–Crippen MR) is 49.8 cm³/mol. The molecule has 0 saturated heterocycles. The van der Waals surface area contributed by atoms with Gasteiger partial charge in [0.05, 0.1) is 0 Å². The highest BCUT2D eigenvalue weighted by molar-refractivity contribution is 5.42. The lowest BCUT2D eigenvalue weighted by atomic mass is 10.2. The average molecular weight is 179 g/mol. The molecule has 0 unspecified atom stereocenters. The van der Waals surface area contributed by atoms with E-state index in [4.69, 9.17) is 15.2 Å². The van der Waals surface area contributed by atoms with Crippen molar-refractivity contribution in [1.29, 1.82) is 0 Å². The topological polar surface area (TPSA) is 44.5 Å². The van der Waals surface area contributed by atoms with E-state index in [0.717, 1.165) is 11.5 Å². The fourth-order valence-electron chi connectivity index (χ4n) is 1.47. The first-order valence-corrected chi connectivity index (χ1v) is 4.41. The summed E-state index contributed by atoms with van der Waals surface area (Å²) in [4.78, 5) is 0. The number of fused-ring (bicyclic) bond motifs is 1. The summed E-state index contributed by atoms with van der Waals surface area (Å²) in [5, 5.41) is 0. The molecule has 13 heavy (non-hydrogen) atoms. The maximum absolute atomic E-state index is 5.63. The molecule has 0 radical (unpaired) electrons. The van der Waals surface area contributed by atoms with E-state index in [9.17, 15) is 0 Å². The van der Waals surface area contributed by atoms with E-state index < -0.39 is 5.79 Å². The highest BCUT2D eigenvalue weighted by Crippen LogP contribution is 2.39. The number of benzene rings is 1. The van der Waals surface area contributed by atoms with Crippen LogP contribution in [0.2, 0.25) is 0 Å². The number of para-hydroxylation sites is 2. The Kier molecular flexibility index (Phi) is 1.88. The lowest BCUT2D eigenvalue weighted by molar-refractivity contribution is -0.0657. The molecular formula is C10H13NO2. The highest BCUT2D eigenvalue weighted by atomic mass is 16.7. The van der Waals surface area contributed by atoms with Crippen molar-refractivity contribution in [1.82, 2.24) is 0 Å². The molecule has 0 saturated carbocycles. The van der Waals surface area contributed by atoms with Gasteiger partial charge >= 0.3 is 0 Å². The lowest BCUT2D eigenvalue weighted by Crippen LogP contribution is -2.36. The van der Waals surface area contributed by atoms with Crippen molar-refractivity contribution in [2.24, 2.45) is 5.73 Å². The third-order valence-corrected chi connectivity index (χ3v) is 2.10. The Hall–Kier alpha value is -1.22. The summed E-state index contributed by atoms with van der Waals surface area (Å²) in [6.07, 6.45) is 0.696. The minimum atomic E-state index is -0.571. The van der Waals surface area contributed by atoms with Crippen LogP contribution in [0.3, 0.4) is 0 Å². The summed E-state index contributed by atoms with van der Waals surface area (Å²) in [5.74, 6) is 1.04. The van der Waals surface area contributed by atoms with E-state index >= 15 is 0 Å². The summed E-state index contributed by atoms with van der Waals surface area (Å²) >= 11 is 0. The second-order valence-corrected chi connectivity index (χ2v) is 3.32. The van der Waals surface area contributed by atoms with Gasteiger partial charge in [0, 0.05) is 13.3 Å². The summed E-state index contributed by atoms with van der Waals surface area (Å²) in [6, 6.07) is 7.65. The van der Waals surface area contributed by atoms with Gasteiger partial charge in [-0.2, -0.15) is 0 Å². The maximum atomic E-state index is 5.63. The van der Waals surface area contributed by atoms with Crippen molar-refractivity contribution in [3.63, 3.8) is 0 Å². The van der Waals surface area contributed by atoms with Crippen LogP contribution >= 0.6 is 0 Å². The quantitative estimate of drug-likeness (QED) is 0.748. The molecule has 1 aromatic rings. The molecule has 2 rings (SSSR count). The van der Waals surface area contributed by atoms with Gasteiger partial charge in [-0.3, -0.25) is 0 Å². The molecule has 2 N–H and O–H groups in total. The van der Waals surface area contributed by atoms with Crippen LogP contribution in [0.25, 0.3) is 0 Å². The molecule has 3 nitrogen and oxygen atoms in total. The molecule has 0 fully saturated rings. The van der Waals surface area contributed by atoms with E-state index in [1.165, 1.54) is 0 Å². The summed E-state index contributed by atoms with van der Waals surface area (Å²) in [5.41, 5.74) is 5.47. The van der Waals surface area contributed by atoms with E-state index in [1.807, 2.05) is 31.2 Å². The Morgan fingerprint density at radius 1 is 1.23 bits per heavy atom. The van der Waals surface area contributed by atoms with Crippen molar-refractivity contribution >= 4 is 0 Å². The zero-order valence-corrected chi connectivity index (χ0v) is 7.62. The monoisotopic (exact) mass is 179 g/mol. The van der Waals surface area contributed by atoms with Crippen LogP contribution < -0.4 is 15.2 Å². The molecule has 3 heteroatoms. The Bertz CT molecular complexity index is 287. The summed E-state index contributed by atoms with van der Waals surface area (Å²) < 4.78 is 11.3. The molecule has 0 aromatic heterocycles. The molecule has 0 aliphatic carbocycles. The largest absolute Gasteiger partial charge is 0.449 e. The van der Waals surface area contributed by atoms with Crippen molar-refractivity contribution in [3.05, 3.63) is 24.3 Å². The Balaban J connectivity index is 2.21. The third-order valence-electron chi connectivity index (χ3n) is 2.10. The number of hydrogen-bond acceptors (Lipinski definition) is 3. The number of hydrogen-bond donors (Lipinski definition) is 1. The SMILES string of the molecule is CC1(CCN)Oc2ccccc2O1. The van der Waals surface area contributed by atoms with Crippen molar-refractivity contribution in [2.45, 2.75) is 19.1 Å². The van der Waals surface area contributed by atoms with E-state index in [-0.39, 0.29) is 0 Å². The van der Waals surface area contributed by atoms with Crippen LogP contribution in [0.15, 0.2) is 24.3 Å². The lowest BCUT2D eigenvalue weighted by Gasteiger charge is -2.21. The Labute approximate surface area is 77.5 Å². The Morgan fingerprint density at radius 2 is 1.77 bits per heavy atom. The molecule has 1 aliphatic heterocycles. The minimum absolute atomic E-state index is 0.560. The minimum Gasteiger partial charge on any atom is -0.449 e. The second-order valence-electron chi connectivity index (χ2n) is 3.32. The van der Waals surface area contributed by atoms with Gasteiger partial charge in [0.25, 0.3) is 0 Å². The molecule has 0 atom stereocenters. The van der Waals surface area contributed by atoms with Crippen LogP contribution in [0.4, 0.5) is 0 Å². The van der Waals surface area contributed by atoms with Crippen LogP contribution in [-0.2, 0) is 0 Å². The number of ether oxygens (including phenoxy) is 2. The molecule has 1 aliphatic rings. The van der Waals surface area contributed by atoms with Crippen molar-refractivity contribution < 1.29 is 9.47 Å². The molecule has 0 spiro atoms. The van der Waals surface area contributed by atoms with Gasteiger partial charge in [-0.05, 0) is 18.7 Å². The van der Waals surface area contributed by atoms with Crippen LogP contribution in [-0.4, -0.2) is 12.3 Å². The first kappa shape index (κ1) is 8.38. The van der Waals surface area contributed by atoms with Crippen LogP contribution in [0.1, 0.15) is 13.3 Å². The molecular weight excluding hydrogens is 166 g/mol. The predicted octanol–water partition coefficient (Wildman–Crippen LogP) is 1.52. The van der Waals surface area contributed by atoms with Gasteiger partial charge in [-0.25, -0.2) is 0 Å². The van der Waals surface area contributed by atoms with Gasteiger partial charge < -0.3 is 15.2 Å². The van der Waals surface area contributed by atoms with Gasteiger partial charge in [0.15, 0.2) is 11.5 Å². The van der Waals surface area contributed by atoms with Crippen LogP contribution in [0, 0.1) is 0 Å². The smallest absolute Gasteiger partial charge is 0.250 e. The van der Waals surface area contributed by atoms with E-state index in [0.29, 0.717) is 13.0 Å². The summed E-state index contributed by atoms with van der Waals surface area (Å²) in [7, 11) is 0. The molecule has 0 amide bonds.